The highest BCUT2D eigenvalue weighted by Gasteiger charge is 2.11. The van der Waals surface area contributed by atoms with Crippen LogP contribution in [0, 0.1) is 0 Å². The van der Waals surface area contributed by atoms with Gasteiger partial charge in [-0.3, -0.25) is 0 Å². The summed E-state index contributed by atoms with van der Waals surface area (Å²) in [5.74, 6) is 0. The lowest BCUT2D eigenvalue weighted by molar-refractivity contribution is 0.256. The molecule has 1 aromatic carbocycles. The molecule has 0 saturated heterocycles. The third-order valence-corrected chi connectivity index (χ3v) is 2.93. The normalized spacial score (nSPS) is 13.1. The van der Waals surface area contributed by atoms with Crippen molar-refractivity contribution in [3.05, 3.63) is 24.5 Å². The van der Waals surface area contributed by atoms with Crippen LogP contribution in [0.5, 0.6) is 0 Å². The van der Waals surface area contributed by atoms with E-state index in [9.17, 15) is 0 Å². The van der Waals surface area contributed by atoms with Crippen molar-refractivity contribution >= 4 is 16.7 Å². The summed E-state index contributed by atoms with van der Waals surface area (Å²) in [5.41, 5.74) is 8.43. The summed E-state index contributed by atoms with van der Waals surface area (Å²) in [7, 11) is 0. The van der Waals surface area contributed by atoms with Gasteiger partial charge in [-0.05, 0) is 31.0 Å². The van der Waals surface area contributed by atoms with Crippen LogP contribution in [0.1, 0.15) is 25.8 Å². The topological polar surface area (TPSA) is 64.1 Å². The van der Waals surface area contributed by atoms with E-state index in [-0.39, 0.29) is 6.61 Å². The Bertz CT molecular complexity index is 478. The van der Waals surface area contributed by atoms with Crippen LogP contribution in [0.25, 0.3) is 11.0 Å². The first-order chi connectivity index (χ1) is 7.76. The highest BCUT2D eigenvalue weighted by Crippen LogP contribution is 2.23. The van der Waals surface area contributed by atoms with E-state index in [0.717, 1.165) is 29.6 Å². The molecule has 0 aliphatic carbocycles. The molecule has 0 spiro atoms. The molecule has 16 heavy (non-hydrogen) atoms. The summed E-state index contributed by atoms with van der Waals surface area (Å²) >= 11 is 0. The Morgan fingerprint density at radius 2 is 2.31 bits per heavy atom. The monoisotopic (exact) mass is 219 g/mol. The Morgan fingerprint density at radius 3 is 3.00 bits per heavy atom. The quantitative estimate of drug-likeness (QED) is 0.772. The zero-order valence-corrected chi connectivity index (χ0v) is 9.43. The molecule has 1 aromatic heterocycles. The van der Waals surface area contributed by atoms with E-state index in [1.54, 1.807) is 0 Å². The maximum Gasteiger partial charge on any atom is 0.0960 e. The minimum absolute atomic E-state index is 0.202. The molecule has 1 heterocycles. The fourth-order valence-electron chi connectivity index (χ4n) is 2.03. The summed E-state index contributed by atoms with van der Waals surface area (Å²) in [5, 5.41) is 9.03. The number of rotatable bonds is 4. The van der Waals surface area contributed by atoms with E-state index in [1.165, 1.54) is 0 Å². The Kier molecular flexibility index (Phi) is 3.10. The third kappa shape index (κ3) is 1.88. The van der Waals surface area contributed by atoms with Gasteiger partial charge < -0.3 is 15.4 Å². The Balaban J connectivity index is 2.44. The molecule has 0 bridgehead atoms. The number of benzene rings is 1. The molecule has 4 nitrogen and oxygen atoms in total. The van der Waals surface area contributed by atoms with Gasteiger partial charge in [0.1, 0.15) is 0 Å². The van der Waals surface area contributed by atoms with Crippen LogP contribution in [-0.2, 0) is 0 Å². The van der Waals surface area contributed by atoms with Crippen LogP contribution in [-0.4, -0.2) is 21.3 Å². The van der Waals surface area contributed by atoms with E-state index in [4.69, 9.17) is 10.8 Å². The van der Waals surface area contributed by atoms with Gasteiger partial charge in [0.25, 0.3) is 0 Å². The number of nitrogen functional groups attached to an aromatic ring is 1. The van der Waals surface area contributed by atoms with Gasteiger partial charge in [0.05, 0.1) is 17.4 Å². The van der Waals surface area contributed by atoms with Gasteiger partial charge in [0, 0.05) is 18.3 Å². The maximum absolute atomic E-state index is 9.03. The molecule has 0 amide bonds. The minimum atomic E-state index is 0.202. The number of aliphatic hydroxyl groups excluding tert-OH is 1. The molecular formula is C12H17N3O. The summed E-state index contributed by atoms with van der Waals surface area (Å²) < 4.78 is 2.12. The molecule has 86 valence electrons. The number of aliphatic hydroxyl groups is 1. The molecule has 3 N–H and O–H groups in total. The highest BCUT2D eigenvalue weighted by molar-refractivity contribution is 5.79. The van der Waals surface area contributed by atoms with E-state index in [2.05, 4.69) is 16.5 Å². The molecule has 1 unspecified atom stereocenters. The number of nitrogens with two attached hydrogens (primary N) is 1. The first kappa shape index (κ1) is 11.0. The molecule has 1 atom stereocenters. The maximum atomic E-state index is 9.03. The molecule has 0 radical (unpaired) electrons. The molecular weight excluding hydrogens is 202 g/mol. The standard InChI is InChI=1S/C12H17N3O/c1-2-10(5-6-16)15-8-14-11-7-9(13)3-4-12(11)15/h3-4,7-8,10,16H,2,5-6,13H2,1H3. The van der Waals surface area contributed by atoms with Crippen molar-refractivity contribution in [2.75, 3.05) is 12.3 Å². The van der Waals surface area contributed by atoms with Crippen LogP contribution in [0.15, 0.2) is 24.5 Å². The van der Waals surface area contributed by atoms with Crippen LogP contribution in [0.2, 0.25) is 0 Å². The van der Waals surface area contributed by atoms with E-state index < -0.39 is 0 Å². The fraction of sp³-hybridized carbons (Fsp3) is 0.417. The molecule has 2 aromatic rings. The molecule has 0 saturated carbocycles. The summed E-state index contributed by atoms with van der Waals surface area (Å²) in [6.45, 7) is 2.32. The largest absolute Gasteiger partial charge is 0.399 e. The van der Waals surface area contributed by atoms with Crippen LogP contribution >= 0.6 is 0 Å². The smallest absolute Gasteiger partial charge is 0.0960 e. The number of hydrogen-bond donors (Lipinski definition) is 2. The number of hydrogen-bond acceptors (Lipinski definition) is 3. The lowest BCUT2D eigenvalue weighted by Crippen LogP contribution is -2.08. The molecule has 0 aliphatic heterocycles. The lowest BCUT2D eigenvalue weighted by atomic mass is 10.1. The second-order valence-corrected chi connectivity index (χ2v) is 3.97. The van der Waals surface area contributed by atoms with Crippen molar-refractivity contribution in [1.29, 1.82) is 0 Å². The number of aromatic nitrogens is 2. The van der Waals surface area contributed by atoms with Gasteiger partial charge in [0.2, 0.25) is 0 Å². The number of anilines is 1. The fourth-order valence-corrected chi connectivity index (χ4v) is 2.03. The average Bonchev–Trinajstić information content (AvgIpc) is 2.68. The Labute approximate surface area is 94.7 Å². The summed E-state index contributed by atoms with van der Waals surface area (Å²) in [6.07, 6.45) is 3.57. The average molecular weight is 219 g/mol. The van der Waals surface area contributed by atoms with Crippen LogP contribution in [0.3, 0.4) is 0 Å². The van der Waals surface area contributed by atoms with Crippen molar-refractivity contribution in [3.63, 3.8) is 0 Å². The number of nitrogens with zero attached hydrogens (tertiary/aromatic N) is 2. The zero-order valence-electron chi connectivity index (χ0n) is 9.43. The second kappa shape index (κ2) is 4.53. The summed E-state index contributed by atoms with van der Waals surface area (Å²) in [4.78, 5) is 4.33. The summed E-state index contributed by atoms with van der Waals surface area (Å²) in [6, 6.07) is 6.04. The van der Waals surface area contributed by atoms with Gasteiger partial charge in [-0.25, -0.2) is 4.98 Å². The van der Waals surface area contributed by atoms with Crippen molar-refractivity contribution in [1.82, 2.24) is 9.55 Å². The van der Waals surface area contributed by atoms with Crippen molar-refractivity contribution in [2.24, 2.45) is 0 Å². The van der Waals surface area contributed by atoms with Crippen molar-refractivity contribution < 1.29 is 5.11 Å². The van der Waals surface area contributed by atoms with Crippen LogP contribution in [0.4, 0.5) is 5.69 Å². The van der Waals surface area contributed by atoms with Crippen LogP contribution < -0.4 is 5.73 Å². The zero-order chi connectivity index (χ0) is 11.5. The highest BCUT2D eigenvalue weighted by atomic mass is 16.3. The number of imidazole rings is 1. The van der Waals surface area contributed by atoms with E-state index >= 15 is 0 Å². The van der Waals surface area contributed by atoms with Gasteiger partial charge in [-0.2, -0.15) is 0 Å². The van der Waals surface area contributed by atoms with Gasteiger partial charge in [0.15, 0.2) is 0 Å². The Morgan fingerprint density at radius 1 is 1.50 bits per heavy atom. The van der Waals surface area contributed by atoms with Crippen molar-refractivity contribution in [2.45, 2.75) is 25.8 Å². The minimum Gasteiger partial charge on any atom is -0.399 e. The van der Waals surface area contributed by atoms with Gasteiger partial charge in [-0.15, -0.1) is 0 Å². The number of fused-ring (bicyclic) bond motifs is 1. The molecule has 4 heteroatoms. The molecule has 0 fully saturated rings. The van der Waals surface area contributed by atoms with Gasteiger partial charge >= 0.3 is 0 Å². The van der Waals surface area contributed by atoms with Gasteiger partial charge in [-0.1, -0.05) is 6.92 Å². The van der Waals surface area contributed by atoms with E-state index in [0.29, 0.717) is 6.04 Å². The first-order valence-electron chi connectivity index (χ1n) is 5.59. The third-order valence-electron chi connectivity index (χ3n) is 2.93. The SMILES string of the molecule is CCC(CCO)n1cnc2cc(N)ccc21. The second-order valence-electron chi connectivity index (χ2n) is 3.97. The van der Waals surface area contributed by atoms with E-state index in [1.807, 2.05) is 24.5 Å². The molecule has 0 aliphatic rings. The predicted molar refractivity (Wildman–Crippen MR) is 65.2 cm³/mol. The first-order valence-corrected chi connectivity index (χ1v) is 5.59. The Hall–Kier alpha value is -1.55. The van der Waals surface area contributed by atoms with Crippen molar-refractivity contribution in [3.8, 4) is 0 Å². The predicted octanol–water partition coefficient (Wildman–Crippen LogP) is 1.95. The lowest BCUT2D eigenvalue weighted by Gasteiger charge is -2.16. The molecule has 2 rings (SSSR count).